The average Bonchev–Trinajstić information content (AvgIpc) is 2.82. The van der Waals surface area contributed by atoms with Gasteiger partial charge in [-0.3, -0.25) is 9.69 Å². The summed E-state index contributed by atoms with van der Waals surface area (Å²) in [6, 6.07) is 6.47. The summed E-state index contributed by atoms with van der Waals surface area (Å²) in [5, 5.41) is 12.6. The van der Waals surface area contributed by atoms with Crippen molar-refractivity contribution in [2.45, 2.75) is 58.6 Å². The number of carbonyl (C=O) groups excluding carboxylic acids is 1. The van der Waals surface area contributed by atoms with E-state index in [2.05, 4.69) is 10.2 Å². The Kier molecular flexibility index (Phi) is 8.90. The first kappa shape index (κ1) is 29.6. The molecule has 11 heteroatoms. The third-order valence-corrected chi connectivity index (χ3v) is 6.84. The lowest BCUT2D eigenvalue weighted by Crippen LogP contribution is -2.49. The second-order valence-electron chi connectivity index (χ2n) is 10.3. The molecular formula is C27H32F6N2O3. The maximum Gasteiger partial charge on any atom is 0.416 e. The van der Waals surface area contributed by atoms with Gasteiger partial charge < -0.3 is 15.2 Å². The Morgan fingerprint density at radius 1 is 1.00 bits per heavy atom. The van der Waals surface area contributed by atoms with Crippen LogP contribution in [0.2, 0.25) is 0 Å². The Labute approximate surface area is 217 Å². The van der Waals surface area contributed by atoms with E-state index in [1.165, 1.54) is 7.11 Å². The van der Waals surface area contributed by atoms with Gasteiger partial charge >= 0.3 is 12.4 Å². The van der Waals surface area contributed by atoms with Crippen LogP contribution in [-0.2, 0) is 30.2 Å². The Balaban J connectivity index is 1.72. The van der Waals surface area contributed by atoms with Crippen molar-refractivity contribution in [2.75, 3.05) is 20.2 Å². The number of ether oxygens (including phenoxy) is 1. The van der Waals surface area contributed by atoms with Crippen molar-refractivity contribution in [3.63, 3.8) is 0 Å². The minimum Gasteiger partial charge on any atom is -0.504 e. The van der Waals surface area contributed by atoms with Gasteiger partial charge in [0.05, 0.1) is 23.7 Å². The van der Waals surface area contributed by atoms with Crippen LogP contribution in [0.15, 0.2) is 36.4 Å². The number of hydrogen-bond acceptors (Lipinski definition) is 4. The van der Waals surface area contributed by atoms with Gasteiger partial charge in [0.25, 0.3) is 0 Å². The third kappa shape index (κ3) is 7.33. The summed E-state index contributed by atoms with van der Waals surface area (Å²) < 4.78 is 84.3. The van der Waals surface area contributed by atoms with E-state index in [1.807, 2.05) is 19.9 Å². The normalized spacial score (nSPS) is 16.5. The molecule has 3 rings (SSSR count). The molecule has 0 spiro atoms. The van der Waals surface area contributed by atoms with Crippen LogP contribution in [0.4, 0.5) is 26.3 Å². The highest BCUT2D eigenvalue weighted by atomic mass is 19.4. The van der Waals surface area contributed by atoms with Crippen molar-refractivity contribution >= 4 is 5.91 Å². The van der Waals surface area contributed by atoms with E-state index in [4.69, 9.17) is 4.74 Å². The van der Waals surface area contributed by atoms with Gasteiger partial charge in [0.2, 0.25) is 5.91 Å². The molecule has 2 aromatic carbocycles. The zero-order valence-corrected chi connectivity index (χ0v) is 21.5. The molecule has 5 nitrogen and oxygen atoms in total. The van der Waals surface area contributed by atoms with Crippen molar-refractivity contribution in [3.8, 4) is 11.5 Å². The van der Waals surface area contributed by atoms with Gasteiger partial charge in [-0.05, 0) is 79.7 Å². The summed E-state index contributed by atoms with van der Waals surface area (Å²) in [6.45, 7) is 5.15. The van der Waals surface area contributed by atoms with Crippen molar-refractivity contribution in [3.05, 3.63) is 58.7 Å². The molecule has 0 aliphatic carbocycles. The summed E-state index contributed by atoms with van der Waals surface area (Å²) in [7, 11) is 1.46. The molecule has 0 aromatic heterocycles. The van der Waals surface area contributed by atoms with Crippen LogP contribution in [0.3, 0.4) is 0 Å². The molecule has 1 heterocycles. The summed E-state index contributed by atoms with van der Waals surface area (Å²) in [5.41, 5.74) is -3.01. The van der Waals surface area contributed by atoms with Crippen LogP contribution in [0.25, 0.3) is 0 Å². The number of phenols is 1. The summed E-state index contributed by atoms with van der Waals surface area (Å²) in [6.07, 6.45) is -8.41. The summed E-state index contributed by atoms with van der Waals surface area (Å²) in [5.74, 6) is 0.164. The van der Waals surface area contributed by atoms with E-state index in [1.54, 1.807) is 12.1 Å². The van der Waals surface area contributed by atoms with Gasteiger partial charge in [0, 0.05) is 13.1 Å². The Hall–Kier alpha value is -2.95. The molecule has 0 radical (unpaired) electrons. The van der Waals surface area contributed by atoms with Gasteiger partial charge in [-0.1, -0.05) is 19.9 Å². The quantitative estimate of drug-likeness (QED) is 0.377. The SMILES string of the molecule is COc1ccc(CN2CCC(CC(C)C)(C(=O)NCc3cc(C(F)(F)F)cc(C(F)(F)F)c3)CC2)cc1O. The molecule has 38 heavy (non-hydrogen) atoms. The number of phenolic OH excluding ortho intramolecular Hbond substituents is 1. The van der Waals surface area contributed by atoms with E-state index in [0.29, 0.717) is 56.8 Å². The lowest BCUT2D eigenvalue weighted by atomic mass is 9.71. The molecule has 2 aromatic rings. The second-order valence-corrected chi connectivity index (χ2v) is 10.3. The molecule has 210 valence electrons. The Bertz CT molecular complexity index is 1090. The average molecular weight is 547 g/mol. The number of benzene rings is 2. The summed E-state index contributed by atoms with van der Waals surface area (Å²) in [4.78, 5) is 15.5. The maximum absolute atomic E-state index is 13.4. The fraction of sp³-hybridized carbons (Fsp3) is 0.519. The van der Waals surface area contributed by atoms with Gasteiger partial charge in [-0.2, -0.15) is 26.3 Å². The molecule has 0 bridgehead atoms. The van der Waals surface area contributed by atoms with E-state index >= 15 is 0 Å². The first-order valence-corrected chi connectivity index (χ1v) is 12.3. The highest BCUT2D eigenvalue weighted by Crippen LogP contribution is 2.40. The molecule has 0 atom stereocenters. The van der Waals surface area contributed by atoms with Gasteiger partial charge in [0.15, 0.2) is 11.5 Å². The van der Waals surface area contributed by atoms with Gasteiger partial charge in [0.1, 0.15) is 0 Å². The number of likely N-dealkylation sites (tertiary alicyclic amines) is 1. The minimum absolute atomic E-state index is 0.0267. The largest absolute Gasteiger partial charge is 0.504 e. The molecule has 2 N–H and O–H groups in total. The standard InChI is InChI=1S/C27H32F6N2O3/c1-17(2)14-25(6-8-35(9-7-25)16-18-4-5-23(38-3)22(36)12-18)24(37)34-15-19-10-20(26(28,29)30)13-21(11-19)27(31,32)33/h4-5,10-13,17,36H,6-9,14-16H2,1-3H3,(H,34,37). The van der Waals surface area contributed by atoms with Crippen molar-refractivity contribution < 1.29 is 41.0 Å². The lowest BCUT2D eigenvalue weighted by molar-refractivity contribution is -0.143. The van der Waals surface area contributed by atoms with Crippen LogP contribution in [0.5, 0.6) is 11.5 Å². The van der Waals surface area contributed by atoms with Gasteiger partial charge in [-0.15, -0.1) is 0 Å². The molecular weight excluding hydrogens is 514 g/mol. The number of nitrogens with zero attached hydrogens (tertiary/aromatic N) is 1. The number of piperidine rings is 1. The molecule has 1 fully saturated rings. The smallest absolute Gasteiger partial charge is 0.416 e. The van der Waals surface area contributed by atoms with Gasteiger partial charge in [-0.25, -0.2) is 0 Å². The number of halogens is 6. The van der Waals surface area contributed by atoms with E-state index < -0.39 is 35.4 Å². The van der Waals surface area contributed by atoms with Crippen LogP contribution >= 0.6 is 0 Å². The second kappa shape index (κ2) is 11.4. The maximum atomic E-state index is 13.4. The third-order valence-electron chi connectivity index (χ3n) is 6.84. The lowest BCUT2D eigenvalue weighted by Gasteiger charge is -2.41. The monoisotopic (exact) mass is 546 g/mol. The topological polar surface area (TPSA) is 61.8 Å². The number of carbonyl (C=O) groups is 1. The zero-order chi connectivity index (χ0) is 28.3. The highest BCUT2D eigenvalue weighted by Gasteiger charge is 2.42. The summed E-state index contributed by atoms with van der Waals surface area (Å²) >= 11 is 0. The molecule has 0 unspecified atom stereocenters. The zero-order valence-electron chi connectivity index (χ0n) is 21.5. The molecule has 1 aliphatic rings. The number of aromatic hydroxyl groups is 1. The van der Waals surface area contributed by atoms with Crippen LogP contribution in [-0.4, -0.2) is 36.1 Å². The van der Waals surface area contributed by atoms with E-state index in [0.717, 1.165) is 5.56 Å². The fourth-order valence-corrected chi connectivity index (χ4v) is 5.03. The van der Waals surface area contributed by atoms with Crippen LogP contribution < -0.4 is 10.1 Å². The molecule has 1 aliphatic heterocycles. The Morgan fingerprint density at radius 2 is 1.58 bits per heavy atom. The predicted octanol–water partition coefficient (Wildman–Crippen LogP) is 6.38. The van der Waals surface area contributed by atoms with Crippen molar-refractivity contribution in [2.24, 2.45) is 11.3 Å². The molecule has 0 saturated carbocycles. The number of alkyl halides is 6. The van der Waals surface area contributed by atoms with E-state index in [-0.39, 0.29) is 29.2 Å². The number of hydrogen-bond donors (Lipinski definition) is 2. The number of amides is 1. The molecule has 1 amide bonds. The van der Waals surface area contributed by atoms with Crippen LogP contribution in [0, 0.1) is 11.3 Å². The first-order chi connectivity index (χ1) is 17.6. The number of methoxy groups -OCH3 is 1. The van der Waals surface area contributed by atoms with Crippen LogP contribution in [0.1, 0.15) is 55.4 Å². The number of rotatable bonds is 8. The fourth-order valence-electron chi connectivity index (χ4n) is 5.03. The first-order valence-electron chi connectivity index (χ1n) is 12.3. The van der Waals surface area contributed by atoms with E-state index in [9.17, 15) is 36.2 Å². The molecule has 1 saturated heterocycles. The number of nitrogens with one attached hydrogen (secondary N) is 1. The minimum atomic E-state index is -4.95. The Morgan fingerprint density at radius 3 is 2.05 bits per heavy atom. The van der Waals surface area contributed by atoms with Crippen molar-refractivity contribution in [1.29, 1.82) is 0 Å². The van der Waals surface area contributed by atoms with Crippen molar-refractivity contribution in [1.82, 2.24) is 10.2 Å². The predicted molar refractivity (Wildman–Crippen MR) is 129 cm³/mol. The highest BCUT2D eigenvalue weighted by molar-refractivity contribution is 5.82.